The van der Waals surface area contributed by atoms with E-state index < -0.39 is 18.5 Å². The van der Waals surface area contributed by atoms with E-state index in [1.54, 1.807) is 0 Å². The van der Waals surface area contributed by atoms with Crippen molar-refractivity contribution >= 4 is 17.1 Å². The summed E-state index contributed by atoms with van der Waals surface area (Å²) < 4.78 is 50.7. The van der Waals surface area contributed by atoms with Gasteiger partial charge in [-0.05, 0) is 23.8 Å². The summed E-state index contributed by atoms with van der Waals surface area (Å²) in [6, 6.07) is 13.7. The third kappa shape index (κ3) is 5.11. The van der Waals surface area contributed by atoms with Gasteiger partial charge in [-0.25, -0.2) is 4.39 Å². The molecule has 0 aliphatic heterocycles. The topological polar surface area (TPSA) is 26.3 Å². The van der Waals surface area contributed by atoms with Gasteiger partial charge in [0.15, 0.2) is 6.10 Å². The van der Waals surface area contributed by atoms with Gasteiger partial charge >= 0.3 is 6.18 Å². The highest BCUT2D eigenvalue weighted by Gasteiger charge is 2.43. The van der Waals surface area contributed by atoms with Crippen molar-refractivity contribution in [1.29, 1.82) is 0 Å². The van der Waals surface area contributed by atoms with Crippen LogP contribution in [-0.4, -0.2) is 31.8 Å². The third-order valence-electron chi connectivity index (χ3n) is 2.90. The summed E-state index contributed by atoms with van der Waals surface area (Å²) in [6.45, 7) is 0.807. The summed E-state index contributed by atoms with van der Waals surface area (Å²) in [5.74, 6) is 0. The number of fused-ring (bicyclic) bond motifs is 1. The molecule has 2 rings (SSSR count). The third-order valence-corrected chi connectivity index (χ3v) is 2.90. The number of ether oxygens (including phenoxy) is 1. The van der Waals surface area contributed by atoms with E-state index in [-0.39, 0.29) is 0 Å². The lowest BCUT2D eigenvalue weighted by molar-refractivity contribution is -0.227. The van der Waals surface area contributed by atoms with Crippen LogP contribution in [-0.2, 0) is 4.74 Å². The molecule has 0 N–H and O–H groups in total. The van der Waals surface area contributed by atoms with Crippen LogP contribution in [0.5, 0.6) is 0 Å². The molecule has 2 atom stereocenters. The molecule has 0 bridgehead atoms. The quantitative estimate of drug-likeness (QED) is 0.612. The number of benzene rings is 2. The minimum atomic E-state index is -4.61. The number of rotatable bonds is 3. The lowest BCUT2D eigenvalue weighted by Gasteiger charge is -2.19. The molecule has 2 unspecified atom stereocenters. The maximum Gasteiger partial charge on any atom is 0.417 e. The van der Waals surface area contributed by atoms with E-state index in [9.17, 15) is 22.4 Å². The summed E-state index contributed by atoms with van der Waals surface area (Å²) in [5, 5.41) is 2.28. The van der Waals surface area contributed by atoms with E-state index in [0.717, 1.165) is 31.3 Å². The maximum absolute atomic E-state index is 12.0. The van der Waals surface area contributed by atoms with Crippen molar-refractivity contribution in [2.45, 2.75) is 25.4 Å². The van der Waals surface area contributed by atoms with Gasteiger partial charge in [-0.1, -0.05) is 36.4 Å². The Morgan fingerprint density at radius 1 is 1.09 bits per heavy atom. The maximum atomic E-state index is 12.0. The Morgan fingerprint density at radius 2 is 1.68 bits per heavy atom. The summed E-state index contributed by atoms with van der Waals surface area (Å²) in [4.78, 5) is 10.5. The van der Waals surface area contributed by atoms with Crippen molar-refractivity contribution in [3.05, 3.63) is 48.0 Å². The molecule has 0 spiro atoms. The van der Waals surface area contributed by atoms with Crippen molar-refractivity contribution < 1.29 is 27.1 Å². The Balaban J connectivity index is 0.000000225. The number of aldehydes is 1. The van der Waals surface area contributed by atoms with Crippen LogP contribution in [0.15, 0.2) is 42.5 Å². The highest BCUT2D eigenvalue weighted by molar-refractivity contribution is 5.88. The van der Waals surface area contributed by atoms with Crippen LogP contribution in [0.3, 0.4) is 0 Å². The molecule has 0 aliphatic rings. The van der Waals surface area contributed by atoms with Gasteiger partial charge in [-0.2, -0.15) is 13.2 Å². The van der Waals surface area contributed by atoms with Crippen LogP contribution < -0.4 is 0 Å². The molecule has 2 nitrogen and oxygen atoms in total. The first-order valence-electron chi connectivity index (χ1n) is 6.47. The largest absolute Gasteiger partial charge is 0.417 e. The molecule has 0 saturated heterocycles. The number of alkyl halides is 4. The summed E-state index contributed by atoms with van der Waals surface area (Å²) in [7, 11) is 0.828. The second-order valence-electron chi connectivity index (χ2n) is 4.60. The van der Waals surface area contributed by atoms with Gasteiger partial charge in [-0.15, -0.1) is 0 Å². The fraction of sp³-hybridized carbons (Fsp3) is 0.312. The van der Waals surface area contributed by atoms with Crippen molar-refractivity contribution in [3.63, 3.8) is 0 Å². The fourth-order valence-electron chi connectivity index (χ4n) is 1.86. The summed E-state index contributed by atoms with van der Waals surface area (Å²) in [5.41, 5.74) is 0.730. The smallest absolute Gasteiger partial charge is 0.369 e. The molecule has 0 amide bonds. The van der Waals surface area contributed by atoms with E-state index in [0.29, 0.717) is 0 Å². The Kier molecular flexibility index (Phi) is 6.49. The molecule has 22 heavy (non-hydrogen) atoms. The first-order chi connectivity index (χ1) is 10.3. The normalized spacial score (nSPS) is 13.9. The van der Waals surface area contributed by atoms with Gasteiger partial charge < -0.3 is 4.74 Å². The van der Waals surface area contributed by atoms with Crippen LogP contribution in [0.1, 0.15) is 17.3 Å². The van der Waals surface area contributed by atoms with Crippen LogP contribution in [0.4, 0.5) is 17.6 Å². The molecule has 0 saturated carbocycles. The zero-order valence-corrected chi connectivity index (χ0v) is 12.1. The molecule has 6 heteroatoms. The minimum absolute atomic E-state index is 0.730. The van der Waals surface area contributed by atoms with E-state index in [4.69, 9.17) is 0 Å². The molecule has 120 valence electrons. The molecule has 2 aromatic carbocycles. The van der Waals surface area contributed by atoms with Crippen LogP contribution >= 0.6 is 0 Å². The van der Waals surface area contributed by atoms with Crippen molar-refractivity contribution in [3.8, 4) is 0 Å². The molecule has 0 aromatic heterocycles. The zero-order chi connectivity index (χ0) is 16.8. The average Bonchev–Trinajstić information content (AvgIpc) is 2.46. The van der Waals surface area contributed by atoms with E-state index in [2.05, 4.69) is 4.74 Å². The van der Waals surface area contributed by atoms with E-state index >= 15 is 0 Å². The average molecular weight is 316 g/mol. The molecule has 2 aromatic rings. The van der Waals surface area contributed by atoms with E-state index in [1.165, 1.54) is 5.39 Å². The molecule has 0 radical (unpaired) electrons. The van der Waals surface area contributed by atoms with Crippen molar-refractivity contribution in [1.82, 2.24) is 0 Å². The molecular formula is C16H16F4O2. The van der Waals surface area contributed by atoms with Crippen LogP contribution in [0, 0.1) is 0 Å². The Bertz CT molecular complexity index is 608. The molecule has 0 fully saturated rings. The number of carbonyl (C=O) groups is 1. The molecule has 0 heterocycles. The number of hydrogen-bond acceptors (Lipinski definition) is 2. The second-order valence-corrected chi connectivity index (χ2v) is 4.60. The van der Waals surface area contributed by atoms with Crippen LogP contribution in [0.2, 0.25) is 0 Å². The summed E-state index contributed by atoms with van der Waals surface area (Å²) in [6.07, 6.45) is -8.06. The Labute approximate surface area is 125 Å². The highest BCUT2D eigenvalue weighted by atomic mass is 19.4. The number of halogens is 4. The Hall–Kier alpha value is -1.95. The highest BCUT2D eigenvalue weighted by Crippen LogP contribution is 2.25. The van der Waals surface area contributed by atoms with Crippen LogP contribution in [0.25, 0.3) is 10.8 Å². The predicted octanol–water partition coefficient (Wildman–Crippen LogP) is 4.57. The number of carbonyl (C=O) groups excluding carboxylic acids is 1. The van der Waals surface area contributed by atoms with Gasteiger partial charge in [0, 0.05) is 12.7 Å². The monoisotopic (exact) mass is 316 g/mol. The van der Waals surface area contributed by atoms with E-state index in [1.807, 2.05) is 42.5 Å². The van der Waals surface area contributed by atoms with Crippen molar-refractivity contribution in [2.24, 2.45) is 0 Å². The van der Waals surface area contributed by atoms with Gasteiger partial charge in [0.2, 0.25) is 0 Å². The molecular weight excluding hydrogens is 300 g/mol. The lowest BCUT2D eigenvalue weighted by atomic mass is 10.1. The van der Waals surface area contributed by atoms with Gasteiger partial charge in [0.1, 0.15) is 12.5 Å². The van der Waals surface area contributed by atoms with Crippen molar-refractivity contribution in [2.75, 3.05) is 7.11 Å². The Morgan fingerprint density at radius 3 is 2.09 bits per heavy atom. The lowest BCUT2D eigenvalue weighted by Crippen LogP contribution is -2.37. The SMILES string of the molecule is COC(C(C)F)C(F)(F)F.O=Cc1ccc2ccccc2c1. The number of hydrogen-bond donors (Lipinski definition) is 0. The summed E-state index contributed by atoms with van der Waals surface area (Å²) >= 11 is 0. The first kappa shape index (κ1) is 18.1. The standard InChI is InChI=1S/C11H8O.C5H8F4O/c12-8-9-5-6-10-3-1-2-4-11(10)7-9;1-3(6)4(10-2)5(7,8)9/h1-8H;3-4H,1-2H3. The van der Waals surface area contributed by atoms with Gasteiger partial charge in [0.25, 0.3) is 0 Å². The fourth-order valence-corrected chi connectivity index (χ4v) is 1.86. The van der Waals surface area contributed by atoms with Gasteiger partial charge in [0.05, 0.1) is 0 Å². The predicted molar refractivity (Wildman–Crippen MR) is 76.8 cm³/mol. The minimum Gasteiger partial charge on any atom is -0.369 e. The zero-order valence-electron chi connectivity index (χ0n) is 12.1. The first-order valence-corrected chi connectivity index (χ1v) is 6.47. The molecule has 0 aliphatic carbocycles. The van der Waals surface area contributed by atoms with Gasteiger partial charge in [-0.3, -0.25) is 4.79 Å². The number of methoxy groups -OCH3 is 1. The second kappa shape index (κ2) is 7.89.